The zero-order valence-electron chi connectivity index (χ0n) is 10.7. The first-order chi connectivity index (χ1) is 6.45. The molecular weight excluding hydrogens is 341 g/mol. The summed E-state index contributed by atoms with van der Waals surface area (Å²) in [5.41, 5.74) is 4.68. The van der Waals surface area contributed by atoms with Crippen molar-refractivity contribution in [1.82, 2.24) is 0 Å². The summed E-state index contributed by atoms with van der Waals surface area (Å²) >= 11 is 0. The van der Waals surface area contributed by atoms with E-state index in [-0.39, 0.29) is 46.9 Å². The topological polar surface area (TPSA) is 0 Å². The Morgan fingerprint density at radius 2 is 1.47 bits per heavy atom. The molecule has 0 saturated carbocycles. The second kappa shape index (κ2) is 6.57. The molecule has 1 rings (SSSR count). The van der Waals surface area contributed by atoms with Crippen molar-refractivity contribution in [2.75, 3.05) is 0 Å². The van der Waals surface area contributed by atoms with Gasteiger partial charge in [-0.25, -0.2) is 6.07 Å². The summed E-state index contributed by atoms with van der Waals surface area (Å²) < 4.78 is 0. The summed E-state index contributed by atoms with van der Waals surface area (Å²) in [5, 5.41) is 0. The van der Waals surface area contributed by atoms with E-state index < -0.39 is 0 Å². The fourth-order valence-electron chi connectivity index (χ4n) is 2.20. The van der Waals surface area contributed by atoms with Gasteiger partial charge in [0.2, 0.25) is 0 Å². The van der Waals surface area contributed by atoms with E-state index in [2.05, 4.69) is 53.7 Å². The molecule has 0 bridgehead atoms. The van der Waals surface area contributed by atoms with Crippen LogP contribution in [0.1, 0.15) is 76.0 Å². The predicted molar refractivity (Wildman–Crippen MR) is 64.3 cm³/mol. The maximum atomic E-state index is 2.31. The second-order valence-electron chi connectivity index (χ2n) is 5.12. The fraction of sp³-hybridized carbons (Fsp3) is 0.643. The first-order valence-corrected chi connectivity index (χ1v) is 5.74. The standard InChI is InChI=1S/C14H23.Yb/c1-9(2)12-7-8-13(10(3)4)14(12)11(5)6;/h7-11H,1-6H3;/q-1;. The molecule has 0 N–H and O–H groups in total. The van der Waals surface area contributed by atoms with Gasteiger partial charge in [0.1, 0.15) is 0 Å². The van der Waals surface area contributed by atoms with Crippen LogP contribution in [-0.4, -0.2) is 0 Å². The van der Waals surface area contributed by atoms with Gasteiger partial charge in [0.15, 0.2) is 0 Å². The van der Waals surface area contributed by atoms with Crippen LogP contribution in [0.4, 0.5) is 0 Å². The van der Waals surface area contributed by atoms with Crippen LogP contribution in [-0.2, 0) is 0 Å². The third-order valence-electron chi connectivity index (χ3n) is 2.89. The van der Waals surface area contributed by atoms with E-state index in [1.807, 2.05) is 0 Å². The molecule has 0 heterocycles. The van der Waals surface area contributed by atoms with Crippen LogP contribution in [0.25, 0.3) is 0 Å². The molecule has 1 heteroatoms. The molecule has 0 unspecified atom stereocenters. The van der Waals surface area contributed by atoms with Gasteiger partial charge >= 0.3 is 0 Å². The molecule has 0 fully saturated rings. The molecule has 0 spiro atoms. The quantitative estimate of drug-likeness (QED) is 0.678. The summed E-state index contributed by atoms with van der Waals surface area (Å²) in [6.45, 7) is 13.7. The van der Waals surface area contributed by atoms with Gasteiger partial charge in [-0.15, -0.1) is 0 Å². The average molecular weight is 364 g/mol. The first kappa shape index (κ1) is 15.9. The maximum absolute atomic E-state index is 2.31. The summed E-state index contributed by atoms with van der Waals surface area (Å²) in [6.07, 6.45) is 0. The molecule has 15 heavy (non-hydrogen) atoms. The van der Waals surface area contributed by atoms with Crippen LogP contribution in [0.2, 0.25) is 0 Å². The van der Waals surface area contributed by atoms with E-state index in [0.717, 1.165) is 0 Å². The van der Waals surface area contributed by atoms with Crippen LogP contribution in [0.15, 0.2) is 12.1 Å². The molecule has 94 valence electrons. The zero-order chi connectivity index (χ0) is 10.9. The van der Waals surface area contributed by atoms with E-state index in [9.17, 15) is 0 Å². The van der Waals surface area contributed by atoms with Crippen molar-refractivity contribution in [2.45, 2.75) is 59.3 Å². The van der Waals surface area contributed by atoms with Crippen LogP contribution in [0, 0.1) is 46.9 Å². The maximum Gasteiger partial charge on any atom is 0 e. The van der Waals surface area contributed by atoms with Crippen molar-refractivity contribution < 1.29 is 46.9 Å². The van der Waals surface area contributed by atoms with Gasteiger partial charge in [-0.2, -0.15) is 22.8 Å². The van der Waals surface area contributed by atoms with Gasteiger partial charge in [-0.1, -0.05) is 53.4 Å². The second-order valence-corrected chi connectivity index (χ2v) is 5.12. The van der Waals surface area contributed by atoms with E-state index in [0.29, 0.717) is 17.8 Å². The number of hydrogen-bond acceptors (Lipinski definition) is 0. The van der Waals surface area contributed by atoms with Gasteiger partial charge in [0.25, 0.3) is 0 Å². The Morgan fingerprint density at radius 3 is 1.80 bits per heavy atom. The van der Waals surface area contributed by atoms with Gasteiger partial charge in [-0.05, 0) is 5.92 Å². The molecule has 0 aromatic heterocycles. The molecule has 0 aliphatic rings. The Balaban J connectivity index is 0.00000196. The van der Waals surface area contributed by atoms with Crippen LogP contribution >= 0.6 is 0 Å². The molecular formula is C14H23Yb-. The molecule has 0 amide bonds. The van der Waals surface area contributed by atoms with E-state index >= 15 is 0 Å². The Labute approximate surface area is 133 Å². The number of hydrogen-bond donors (Lipinski definition) is 0. The zero-order valence-corrected chi connectivity index (χ0v) is 12.4. The Morgan fingerprint density at radius 1 is 0.933 bits per heavy atom. The molecule has 0 aliphatic carbocycles. The van der Waals surface area contributed by atoms with E-state index in [1.54, 1.807) is 16.7 Å². The molecule has 1 aromatic carbocycles. The first-order valence-electron chi connectivity index (χ1n) is 5.74. The normalized spacial score (nSPS) is 11.3. The smallest absolute Gasteiger partial charge is 0 e. The summed E-state index contributed by atoms with van der Waals surface area (Å²) in [5.74, 6) is 1.96. The molecule has 0 nitrogen and oxygen atoms in total. The SMILES string of the molecule is CC(C)c1cc[c-](C(C)C)c1C(C)C.[Yb]. The molecule has 1 aromatic rings. The van der Waals surface area contributed by atoms with Gasteiger partial charge in [0.05, 0.1) is 0 Å². The summed E-state index contributed by atoms with van der Waals surface area (Å²) in [4.78, 5) is 0. The predicted octanol–water partition coefficient (Wildman–Crippen LogP) is 4.78. The molecule has 0 radical (unpaired) electrons. The minimum atomic E-state index is 0. The van der Waals surface area contributed by atoms with E-state index in [1.165, 1.54) is 0 Å². The van der Waals surface area contributed by atoms with Crippen LogP contribution in [0.5, 0.6) is 0 Å². The number of rotatable bonds is 3. The largest absolute Gasteiger partial charge is 0.210 e. The Kier molecular flexibility index (Phi) is 6.95. The molecule has 0 saturated heterocycles. The minimum absolute atomic E-state index is 0. The summed E-state index contributed by atoms with van der Waals surface area (Å²) in [7, 11) is 0. The monoisotopic (exact) mass is 365 g/mol. The molecule has 0 atom stereocenters. The van der Waals surface area contributed by atoms with Gasteiger partial charge in [0, 0.05) is 46.9 Å². The molecule has 0 aliphatic heterocycles. The Bertz CT molecular complexity index is 267. The van der Waals surface area contributed by atoms with E-state index in [4.69, 9.17) is 0 Å². The van der Waals surface area contributed by atoms with Crippen molar-refractivity contribution in [3.05, 3.63) is 28.8 Å². The summed E-state index contributed by atoms with van der Waals surface area (Å²) in [6, 6.07) is 4.63. The third kappa shape index (κ3) is 3.68. The van der Waals surface area contributed by atoms with Gasteiger partial charge < -0.3 is 0 Å². The average Bonchev–Trinajstić information content (AvgIpc) is 2.46. The van der Waals surface area contributed by atoms with Crippen molar-refractivity contribution >= 4 is 0 Å². The van der Waals surface area contributed by atoms with Crippen molar-refractivity contribution in [1.29, 1.82) is 0 Å². The van der Waals surface area contributed by atoms with Crippen molar-refractivity contribution in [3.8, 4) is 0 Å². The van der Waals surface area contributed by atoms with Crippen LogP contribution in [0.3, 0.4) is 0 Å². The minimum Gasteiger partial charge on any atom is -0.210 e. The Hall–Kier alpha value is 0.869. The van der Waals surface area contributed by atoms with Crippen molar-refractivity contribution in [3.63, 3.8) is 0 Å². The van der Waals surface area contributed by atoms with Crippen LogP contribution < -0.4 is 0 Å². The third-order valence-corrected chi connectivity index (χ3v) is 2.89. The fourth-order valence-corrected chi connectivity index (χ4v) is 2.20. The van der Waals surface area contributed by atoms with Crippen molar-refractivity contribution in [2.24, 2.45) is 0 Å². The van der Waals surface area contributed by atoms with Gasteiger partial charge in [-0.3, -0.25) is 0 Å².